The van der Waals surface area contributed by atoms with E-state index in [4.69, 9.17) is 9.47 Å². The second-order valence-electron chi connectivity index (χ2n) is 5.07. The predicted octanol–water partition coefficient (Wildman–Crippen LogP) is 2.46. The Morgan fingerprint density at radius 1 is 1.36 bits per heavy atom. The minimum atomic E-state index is -0.487. The lowest BCUT2D eigenvalue weighted by Gasteiger charge is -2.05. The molecule has 0 N–H and O–H groups in total. The second-order valence-corrected chi connectivity index (χ2v) is 6.97. The summed E-state index contributed by atoms with van der Waals surface area (Å²) in [7, 11) is 1.61. The van der Waals surface area contributed by atoms with Crippen LogP contribution in [0.4, 0.5) is 0 Å². The van der Waals surface area contributed by atoms with Crippen LogP contribution in [0.1, 0.15) is 21.1 Å². The Bertz CT molecular complexity index is 969. The van der Waals surface area contributed by atoms with Gasteiger partial charge in [0.15, 0.2) is 0 Å². The Balaban J connectivity index is 1.76. The van der Waals surface area contributed by atoms with Crippen molar-refractivity contribution in [2.45, 2.75) is 13.0 Å². The first-order chi connectivity index (χ1) is 12.1. The molecule has 0 saturated carbocycles. The molecule has 0 aliphatic rings. The van der Waals surface area contributed by atoms with Crippen LogP contribution >= 0.6 is 27.3 Å². The van der Waals surface area contributed by atoms with Crippen LogP contribution in [0, 0.1) is 0 Å². The summed E-state index contributed by atoms with van der Waals surface area (Å²) >= 11 is 4.62. The number of methoxy groups -OCH3 is 1. The maximum atomic E-state index is 12.1. The monoisotopic (exact) mass is 423 g/mol. The fraction of sp³-hybridized carbons (Fsp3) is 0.250. The molecule has 0 fully saturated rings. The van der Waals surface area contributed by atoms with Crippen molar-refractivity contribution in [3.8, 4) is 0 Å². The maximum Gasteiger partial charge on any atom is 0.339 e. The lowest BCUT2D eigenvalue weighted by atomic mass is 10.2. The van der Waals surface area contributed by atoms with Gasteiger partial charge in [0.1, 0.15) is 11.6 Å². The molecule has 0 radical (unpaired) electrons. The molecular formula is C16H14BrN3O4S. The van der Waals surface area contributed by atoms with Crippen molar-refractivity contribution in [1.29, 1.82) is 0 Å². The summed E-state index contributed by atoms with van der Waals surface area (Å²) in [4.78, 5) is 29.1. The van der Waals surface area contributed by atoms with Gasteiger partial charge in [0, 0.05) is 24.1 Å². The van der Waals surface area contributed by atoms with Crippen molar-refractivity contribution in [2.75, 3.05) is 13.7 Å². The third-order valence-electron chi connectivity index (χ3n) is 3.30. The highest BCUT2D eigenvalue weighted by Gasteiger charge is 2.13. The van der Waals surface area contributed by atoms with E-state index in [0.29, 0.717) is 33.7 Å². The van der Waals surface area contributed by atoms with Crippen molar-refractivity contribution < 1.29 is 14.3 Å². The quantitative estimate of drug-likeness (QED) is 0.566. The predicted molar refractivity (Wildman–Crippen MR) is 96.0 cm³/mol. The highest BCUT2D eigenvalue weighted by Crippen LogP contribution is 2.17. The Labute approximate surface area is 155 Å². The topological polar surface area (TPSA) is 82.8 Å². The first kappa shape index (κ1) is 17.7. The van der Waals surface area contributed by atoms with Crippen LogP contribution in [0.25, 0.3) is 4.96 Å². The van der Waals surface area contributed by atoms with E-state index in [1.165, 1.54) is 21.9 Å². The minimum Gasteiger partial charge on any atom is -0.456 e. The van der Waals surface area contributed by atoms with E-state index >= 15 is 0 Å². The Hall–Kier alpha value is -2.10. The summed E-state index contributed by atoms with van der Waals surface area (Å²) in [6.45, 7) is 0.433. The van der Waals surface area contributed by atoms with Crippen LogP contribution in [0.5, 0.6) is 0 Å². The van der Waals surface area contributed by atoms with Gasteiger partial charge in [-0.15, -0.1) is 0 Å². The molecule has 0 spiro atoms. The number of aromatic nitrogens is 3. The zero-order valence-corrected chi connectivity index (χ0v) is 15.7. The highest BCUT2D eigenvalue weighted by atomic mass is 79.9. The third kappa shape index (κ3) is 4.12. The Morgan fingerprint density at radius 3 is 2.92 bits per heavy atom. The van der Waals surface area contributed by atoms with E-state index in [2.05, 4.69) is 26.0 Å². The number of benzene rings is 1. The van der Waals surface area contributed by atoms with Crippen molar-refractivity contribution >= 4 is 38.2 Å². The van der Waals surface area contributed by atoms with Gasteiger partial charge in [-0.25, -0.2) is 9.78 Å². The Kier molecular flexibility index (Phi) is 5.57. The van der Waals surface area contributed by atoms with Gasteiger partial charge in [-0.3, -0.25) is 4.79 Å². The largest absolute Gasteiger partial charge is 0.456 e. The molecule has 7 nitrogen and oxygen atoms in total. The standard InChI is InChI=1S/C16H14BrN3O4S/c1-23-7-6-13-19-20-14(21)8-10(18-16(20)25-13)9-24-15(22)11-4-2-3-5-12(11)17/h2-5,8H,6-7,9H2,1H3. The molecule has 2 aromatic heterocycles. The number of ether oxygens (including phenoxy) is 2. The minimum absolute atomic E-state index is 0.0861. The number of nitrogens with zero attached hydrogens (tertiary/aromatic N) is 3. The van der Waals surface area contributed by atoms with Gasteiger partial charge in [0.2, 0.25) is 4.96 Å². The lowest BCUT2D eigenvalue weighted by molar-refractivity contribution is 0.0466. The average molecular weight is 424 g/mol. The first-order valence-electron chi connectivity index (χ1n) is 7.38. The summed E-state index contributed by atoms with van der Waals surface area (Å²) in [5.74, 6) is -0.487. The van der Waals surface area contributed by atoms with Crippen molar-refractivity contribution in [1.82, 2.24) is 14.6 Å². The molecule has 2 heterocycles. The second kappa shape index (κ2) is 7.85. The van der Waals surface area contributed by atoms with E-state index < -0.39 is 5.97 Å². The van der Waals surface area contributed by atoms with Crippen LogP contribution in [0.2, 0.25) is 0 Å². The normalized spacial score (nSPS) is 11.0. The van der Waals surface area contributed by atoms with E-state index in [1.54, 1.807) is 25.3 Å². The summed E-state index contributed by atoms with van der Waals surface area (Å²) in [6, 6.07) is 8.29. The fourth-order valence-corrected chi connectivity index (χ4v) is 3.45. The molecule has 3 aromatic rings. The molecule has 9 heteroatoms. The number of hydrogen-bond donors (Lipinski definition) is 0. The number of rotatable bonds is 6. The molecular weight excluding hydrogens is 410 g/mol. The highest BCUT2D eigenvalue weighted by molar-refractivity contribution is 9.10. The molecule has 0 unspecified atom stereocenters. The third-order valence-corrected chi connectivity index (χ3v) is 4.96. The zero-order valence-electron chi connectivity index (χ0n) is 13.3. The van der Waals surface area contributed by atoms with E-state index in [9.17, 15) is 9.59 Å². The molecule has 0 bridgehead atoms. The Morgan fingerprint density at radius 2 is 2.16 bits per heavy atom. The number of esters is 1. The van der Waals surface area contributed by atoms with Gasteiger partial charge in [-0.2, -0.15) is 9.61 Å². The van der Waals surface area contributed by atoms with Crippen LogP contribution in [0.15, 0.2) is 39.6 Å². The molecule has 0 aliphatic carbocycles. The van der Waals surface area contributed by atoms with Gasteiger partial charge in [0.05, 0.1) is 17.9 Å². The summed E-state index contributed by atoms with van der Waals surface area (Å²) in [6.07, 6.45) is 0.607. The maximum absolute atomic E-state index is 12.1. The molecule has 130 valence electrons. The fourth-order valence-electron chi connectivity index (χ4n) is 2.10. The van der Waals surface area contributed by atoms with Gasteiger partial charge < -0.3 is 9.47 Å². The number of halogens is 1. The zero-order chi connectivity index (χ0) is 17.8. The summed E-state index contributed by atoms with van der Waals surface area (Å²) in [5.41, 5.74) is 0.490. The van der Waals surface area contributed by atoms with Crippen molar-refractivity contribution in [3.05, 3.63) is 61.4 Å². The van der Waals surface area contributed by atoms with Crippen molar-refractivity contribution in [3.63, 3.8) is 0 Å². The van der Waals surface area contributed by atoms with Gasteiger partial charge in [-0.05, 0) is 28.1 Å². The first-order valence-corrected chi connectivity index (χ1v) is 8.98. The molecule has 0 aliphatic heterocycles. The smallest absolute Gasteiger partial charge is 0.339 e. The SMILES string of the molecule is COCCc1nn2c(=O)cc(COC(=O)c3ccccc3Br)nc2s1. The van der Waals surface area contributed by atoms with Crippen LogP contribution < -0.4 is 5.56 Å². The van der Waals surface area contributed by atoms with Gasteiger partial charge in [0.25, 0.3) is 5.56 Å². The average Bonchev–Trinajstić information content (AvgIpc) is 3.02. The molecule has 0 amide bonds. The molecule has 25 heavy (non-hydrogen) atoms. The number of carbonyl (C=O) groups excluding carboxylic acids is 1. The van der Waals surface area contributed by atoms with E-state index in [1.807, 2.05) is 6.07 Å². The van der Waals surface area contributed by atoms with Gasteiger partial charge in [-0.1, -0.05) is 23.5 Å². The summed E-state index contributed by atoms with van der Waals surface area (Å²) in [5, 5.41) is 4.97. The number of carbonyl (C=O) groups is 1. The molecule has 0 atom stereocenters. The lowest BCUT2D eigenvalue weighted by Crippen LogP contribution is -2.17. The number of hydrogen-bond acceptors (Lipinski definition) is 7. The van der Waals surface area contributed by atoms with E-state index in [-0.39, 0.29) is 12.2 Å². The van der Waals surface area contributed by atoms with Crippen LogP contribution in [-0.2, 0) is 22.5 Å². The van der Waals surface area contributed by atoms with Crippen LogP contribution in [0.3, 0.4) is 0 Å². The van der Waals surface area contributed by atoms with Crippen LogP contribution in [-0.4, -0.2) is 34.3 Å². The van der Waals surface area contributed by atoms with Gasteiger partial charge >= 0.3 is 5.97 Å². The summed E-state index contributed by atoms with van der Waals surface area (Å²) < 4.78 is 12.2. The molecule has 0 saturated heterocycles. The number of fused-ring (bicyclic) bond motifs is 1. The molecule has 1 aromatic carbocycles. The van der Waals surface area contributed by atoms with E-state index in [0.717, 1.165) is 5.01 Å². The molecule has 3 rings (SSSR count). The van der Waals surface area contributed by atoms with Crippen molar-refractivity contribution in [2.24, 2.45) is 0 Å².